The van der Waals surface area contributed by atoms with E-state index in [4.69, 9.17) is 10.5 Å². The predicted molar refractivity (Wildman–Crippen MR) is 138 cm³/mol. The van der Waals surface area contributed by atoms with Gasteiger partial charge >= 0.3 is 6.09 Å². The Labute approximate surface area is 215 Å². The van der Waals surface area contributed by atoms with E-state index in [1.807, 2.05) is 91.0 Å². The molecule has 0 aliphatic carbocycles. The summed E-state index contributed by atoms with van der Waals surface area (Å²) in [6.45, 7) is -0.353. The van der Waals surface area contributed by atoms with Gasteiger partial charge in [-0.3, -0.25) is 14.4 Å². The minimum atomic E-state index is -0.991. The summed E-state index contributed by atoms with van der Waals surface area (Å²) in [5.74, 6) is -1.85. The number of nitrogens with one attached hydrogen (secondary N) is 3. The van der Waals surface area contributed by atoms with E-state index in [1.54, 1.807) is 0 Å². The van der Waals surface area contributed by atoms with Gasteiger partial charge in [-0.25, -0.2) is 4.79 Å². The van der Waals surface area contributed by atoms with Gasteiger partial charge in [0.1, 0.15) is 18.7 Å². The zero-order chi connectivity index (χ0) is 26.5. The van der Waals surface area contributed by atoms with Crippen molar-refractivity contribution >= 4 is 23.8 Å². The van der Waals surface area contributed by atoms with Gasteiger partial charge in [-0.15, -0.1) is 0 Å². The molecule has 9 nitrogen and oxygen atoms in total. The lowest BCUT2D eigenvalue weighted by Crippen LogP contribution is -2.52. The van der Waals surface area contributed by atoms with E-state index in [0.717, 1.165) is 16.7 Å². The van der Waals surface area contributed by atoms with E-state index in [-0.39, 0.29) is 19.4 Å². The fourth-order valence-electron chi connectivity index (χ4n) is 3.57. The summed E-state index contributed by atoms with van der Waals surface area (Å²) >= 11 is 0. The number of rotatable bonds is 12. The van der Waals surface area contributed by atoms with Gasteiger partial charge < -0.3 is 26.4 Å². The van der Waals surface area contributed by atoms with Crippen molar-refractivity contribution in [1.82, 2.24) is 16.0 Å². The van der Waals surface area contributed by atoms with Crippen molar-refractivity contribution < 1.29 is 23.9 Å². The Morgan fingerprint density at radius 2 is 1.16 bits per heavy atom. The zero-order valence-electron chi connectivity index (χ0n) is 20.3. The number of hydrogen-bond acceptors (Lipinski definition) is 5. The van der Waals surface area contributed by atoms with Crippen molar-refractivity contribution in [3.8, 4) is 0 Å². The number of primary amides is 1. The molecule has 4 amide bonds. The second-order valence-electron chi connectivity index (χ2n) is 8.38. The highest BCUT2D eigenvalue weighted by Crippen LogP contribution is 2.06. The average Bonchev–Trinajstić information content (AvgIpc) is 2.91. The highest BCUT2D eigenvalue weighted by molar-refractivity contribution is 5.91. The molecule has 37 heavy (non-hydrogen) atoms. The lowest BCUT2D eigenvalue weighted by molar-refractivity contribution is -0.129. The second-order valence-corrected chi connectivity index (χ2v) is 8.38. The molecule has 0 radical (unpaired) electrons. The number of benzene rings is 3. The van der Waals surface area contributed by atoms with Gasteiger partial charge in [-0.05, 0) is 16.7 Å². The maximum atomic E-state index is 12.9. The molecule has 3 aromatic rings. The van der Waals surface area contributed by atoms with Crippen LogP contribution in [0.3, 0.4) is 0 Å². The molecule has 9 heteroatoms. The van der Waals surface area contributed by atoms with Crippen molar-refractivity contribution in [2.45, 2.75) is 31.5 Å². The summed E-state index contributed by atoms with van der Waals surface area (Å²) in [6, 6.07) is 25.5. The molecule has 2 atom stereocenters. The van der Waals surface area contributed by atoms with Crippen LogP contribution in [-0.4, -0.2) is 42.4 Å². The Morgan fingerprint density at radius 3 is 1.68 bits per heavy atom. The SMILES string of the molecule is NC(=O)[C@H](Cc1ccccc1)NC(=O)CNC(=O)[C@H](Cc1ccccc1)NC(=O)OCc1ccccc1. The molecule has 0 aliphatic rings. The summed E-state index contributed by atoms with van der Waals surface area (Å²) in [7, 11) is 0. The number of carbonyl (C=O) groups excluding carboxylic acids is 4. The van der Waals surface area contributed by atoms with Crippen molar-refractivity contribution in [1.29, 1.82) is 0 Å². The highest BCUT2D eigenvalue weighted by atomic mass is 16.5. The van der Waals surface area contributed by atoms with Gasteiger partial charge in [0.05, 0.1) is 6.54 Å². The molecule has 192 valence electrons. The molecule has 0 saturated heterocycles. The fourth-order valence-corrected chi connectivity index (χ4v) is 3.57. The second kappa shape index (κ2) is 14.0. The number of hydrogen-bond donors (Lipinski definition) is 4. The molecular formula is C28H30N4O5. The fraction of sp³-hybridized carbons (Fsp3) is 0.214. The quantitative estimate of drug-likeness (QED) is 0.299. The summed E-state index contributed by atoms with van der Waals surface area (Å²) in [5, 5.41) is 7.64. The van der Waals surface area contributed by atoms with Crippen LogP contribution in [0.15, 0.2) is 91.0 Å². The van der Waals surface area contributed by atoms with E-state index in [0.29, 0.717) is 0 Å². The van der Waals surface area contributed by atoms with Crippen LogP contribution in [0.4, 0.5) is 4.79 Å². The Balaban J connectivity index is 1.56. The monoisotopic (exact) mass is 502 g/mol. The molecule has 0 aliphatic heterocycles. The van der Waals surface area contributed by atoms with Gasteiger partial charge in [0.25, 0.3) is 0 Å². The minimum absolute atomic E-state index is 0.0463. The topological polar surface area (TPSA) is 140 Å². The molecule has 0 fully saturated rings. The predicted octanol–water partition coefficient (Wildman–Crippen LogP) is 1.85. The van der Waals surface area contributed by atoms with Crippen molar-refractivity contribution in [3.63, 3.8) is 0 Å². The molecule has 3 rings (SSSR count). The van der Waals surface area contributed by atoms with E-state index in [9.17, 15) is 19.2 Å². The molecule has 0 saturated carbocycles. The average molecular weight is 503 g/mol. The van der Waals surface area contributed by atoms with E-state index < -0.39 is 42.4 Å². The lowest BCUT2D eigenvalue weighted by atomic mass is 10.1. The van der Waals surface area contributed by atoms with Crippen molar-refractivity contribution in [2.24, 2.45) is 5.73 Å². The first kappa shape index (κ1) is 26.9. The Morgan fingerprint density at radius 1 is 0.676 bits per heavy atom. The smallest absolute Gasteiger partial charge is 0.408 e. The molecule has 0 unspecified atom stereocenters. The Kier molecular flexibility index (Phi) is 10.2. The standard InChI is InChI=1S/C28H30N4O5/c29-26(34)23(16-20-10-4-1-5-11-20)31-25(33)18-30-27(35)24(17-21-12-6-2-7-13-21)32-28(36)37-19-22-14-8-3-9-15-22/h1-15,23-24H,16-19H2,(H2,29,34)(H,30,35)(H,31,33)(H,32,36)/t23-,24-/m0/s1. The minimum Gasteiger partial charge on any atom is -0.445 e. The van der Waals surface area contributed by atoms with E-state index in [2.05, 4.69) is 16.0 Å². The Bertz CT molecular complexity index is 1170. The van der Waals surface area contributed by atoms with Crippen LogP contribution in [-0.2, 0) is 38.6 Å². The van der Waals surface area contributed by atoms with Gasteiger partial charge in [0.15, 0.2) is 0 Å². The number of ether oxygens (including phenoxy) is 1. The molecule has 5 N–H and O–H groups in total. The first-order chi connectivity index (χ1) is 17.9. The normalized spacial score (nSPS) is 12.0. The lowest BCUT2D eigenvalue weighted by Gasteiger charge is -2.19. The first-order valence-corrected chi connectivity index (χ1v) is 11.8. The zero-order valence-corrected chi connectivity index (χ0v) is 20.3. The Hall–Kier alpha value is -4.66. The van der Waals surface area contributed by atoms with Crippen LogP contribution in [0.5, 0.6) is 0 Å². The maximum absolute atomic E-state index is 12.9. The van der Waals surface area contributed by atoms with E-state index in [1.165, 1.54) is 0 Å². The summed E-state index contributed by atoms with van der Waals surface area (Å²) in [4.78, 5) is 49.6. The van der Waals surface area contributed by atoms with Crippen LogP contribution in [0.1, 0.15) is 16.7 Å². The number of carbonyl (C=O) groups is 4. The first-order valence-electron chi connectivity index (χ1n) is 11.8. The van der Waals surface area contributed by atoms with Gasteiger partial charge in [-0.2, -0.15) is 0 Å². The molecule has 0 bridgehead atoms. The van der Waals surface area contributed by atoms with Crippen LogP contribution < -0.4 is 21.7 Å². The third-order valence-electron chi connectivity index (χ3n) is 5.49. The molecule has 0 spiro atoms. The maximum Gasteiger partial charge on any atom is 0.408 e. The summed E-state index contributed by atoms with van der Waals surface area (Å²) < 4.78 is 5.25. The van der Waals surface area contributed by atoms with Crippen molar-refractivity contribution in [2.75, 3.05) is 6.54 Å². The van der Waals surface area contributed by atoms with Crippen LogP contribution >= 0.6 is 0 Å². The molecular weight excluding hydrogens is 472 g/mol. The summed E-state index contributed by atoms with van der Waals surface area (Å²) in [6.07, 6.45) is -0.352. The van der Waals surface area contributed by atoms with Crippen LogP contribution in [0.25, 0.3) is 0 Å². The number of alkyl carbamates (subject to hydrolysis) is 1. The largest absolute Gasteiger partial charge is 0.445 e. The molecule has 0 aromatic heterocycles. The van der Waals surface area contributed by atoms with Crippen LogP contribution in [0, 0.1) is 0 Å². The number of nitrogens with two attached hydrogens (primary N) is 1. The van der Waals surface area contributed by atoms with Gasteiger partial charge in [0, 0.05) is 12.8 Å². The van der Waals surface area contributed by atoms with Gasteiger partial charge in [0.2, 0.25) is 17.7 Å². The third kappa shape index (κ3) is 9.48. The van der Waals surface area contributed by atoms with Crippen molar-refractivity contribution in [3.05, 3.63) is 108 Å². The molecule has 0 heterocycles. The molecule has 3 aromatic carbocycles. The van der Waals surface area contributed by atoms with E-state index >= 15 is 0 Å². The van der Waals surface area contributed by atoms with Crippen LogP contribution in [0.2, 0.25) is 0 Å². The third-order valence-corrected chi connectivity index (χ3v) is 5.49. The van der Waals surface area contributed by atoms with Gasteiger partial charge in [-0.1, -0.05) is 91.0 Å². The number of amides is 4. The highest BCUT2D eigenvalue weighted by Gasteiger charge is 2.24. The summed E-state index contributed by atoms with van der Waals surface area (Å²) in [5.41, 5.74) is 7.89.